The summed E-state index contributed by atoms with van der Waals surface area (Å²) in [4.78, 5) is 14.4. The normalized spacial score (nSPS) is 18.3. The Kier molecular flexibility index (Phi) is 4.42. The molecule has 1 fully saturated rings. The van der Waals surface area contributed by atoms with E-state index in [0.29, 0.717) is 18.9 Å². The van der Waals surface area contributed by atoms with Crippen LogP contribution in [0.2, 0.25) is 0 Å². The van der Waals surface area contributed by atoms with Crippen LogP contribution in [0.1, 0.15) is 29.9 Å². The van der Waals surface area contributed by atoms with Crippen LogP contribution >= 0.6 is 0 Å². The highest BCUT2D eigenvalue weighted by atomic mass is 16.5. The van der Waals surface area contributed by atoms with E-state index in [0.717, 1.165) is 18.7 Å². The molecule has 1 aliphatic rings. The van der Waals surface area contributed by atoms with Crippen LogP contribution in [-0.2, 0) is 11.3 Å². The van der Waals surface area contributed by atoms with Gasteiger partial charge in [-0.3, -0.25) is 4.79 Å². The molecule has 3 heteroatoms. The second-order valence-electron chi connectivity index (χ2n) is 5.77. The molecular formula is C19H21NO2. The molecule has 0 bridgehead atoms. The monoisotopic (exact) mass is 295 g/mol. The molecule has 1 aliphatic heterocycles. The summed E-state index contributed by atoms with van der Waals surface area (Å²) in [5.41, 5.74) is 2.39. The van der Waals surface area contributed by atoms with Crippen LogP contribution in [0.3, 0.4) is 0 Å². The maximum Gasteiger partial charge on any atom is 0.223 e. The Balaban J connectivity index is 1.65. The largest absolute Gasteiger partial charge is 0.497 e. The summed E-state index contributed by atoms with van der Waals surface area (Å²) in [6, 6.07) is 18.2. The van der Waals surface area contributed by atoms with Crippen LogP contribution in [-0.4, -0.2) is 24.5 Å². The number of hydrogen-bond acceptors (Lipinski definition) is 2. The average Bonchev–Trinajstić information content (AvgIpc) is 2.58. The molecule has 0 saturated carbocycles. The average molecular weight is 295 g/mol. The maximum absolute atomic E-state index is 12.4. The highest BCUT2D eigenvalue weighted by Crippen LogP contribution is 2.31. The fourth-order valence-electron chi connectivity index (χ4n) is 3.03. The van der Waals surface area contributed by atoms with E-state index in [-0.39, 0.29) is 5.91 Å². The lowest BCUT2D eigenvalue weighted by Gasteiger charge is -2.32. The zero-order chi connectivity index (χ0) is 15.4. The predicted octanol–water partition coefficient (Wildman–Crippen LogP) is 3.60. The van der Waals surface area contributed by atoms with Crippen molar-refractivity contribution in [2.24, 2.45) is 0 Å². The third-order valence-corrected chi connectivity index (χ3v) is 4.30. The minimum absolute atomic E-state index is 0.239. The summed E-state index contributed by atoms with van der Waals surface area (Å²) in [5.74, 6) is 1.40. The molecule has 1 saturated heterocycles. The minimum Gasteiger partial charge on any atom is -0.497 e. The van der Waals surface area contributed by atoms with Gasteiger partial charge < -0.3 is 9.64 Å². The van der Waals surface area contributed by atoms with Gasteiger partial charge in [0.25, 0.3) is 0 Å². The quantitative estimate of drug-likeness (QED) is 0.862. The Bertz CT molecular complexity index is 639. The van der Waals surface area contributed by atoms with Gasteiger partial charge in [0.15, 0.2) is 0 Å². The summed E-state index contributed by atoms with van der Waals surface area (Å²) in [5, 5.41) is 0. The van der Waals surface area contributed by atoms with Crippen molar-refractivity contribution < 1.29 is 9.53 Å². The highest BCUT2D eigenvalue weighted by Gasteiger charge is 2.26. The van der Waals surface area contributed by atoms with Crippen molar-refractivity contribution in [2.45, 2.75) is 25.3 Å². The van der Waals surface area contributed by atoms with E-state index in [2.05, 4.69) is 18.2 Å². The van der Waals surface area contributed by atoms with Gasteiger partial charge in [0.05, 0.1) is 7.11 Å². The van der Waals surface area contributed by atoms with Crippen molar-refractivity contribution in [1.29, 1.82) is 0 Å². The van der Waals surface area contributed by atoms with Gasteiger partial charge in [0, 0.05) is 19.5 Å². The summed E-state index contributed by atoms with van der Waals surface area (Å²) in [7, 11) is 1.67. The lowest BCUT2D eigenvalue weighted by atomic mass is 9.88. The minimum atomic E-state index is 0.239. The fourth-order valence-corrected chi connectivity index (χ4v) is 3.03. The molecule has 2 aromatic carbocycles. The molecule has 0 aromatic heterocycles. The second-order valence-corrected chi connectivity index (χ2v) is 5.77. The van der Waals surface area contributed by atoms with Crippen LogP contribution in [0.25, 0.3) is 0 Å². The molecule has 22 heavy (non-hydrogen) atoms. The van der Waals surface area contributed by atoms with Crippen molar-refractivity contribution in [1.82, 2.24) is 4.90 Å². The first-order chi connectivity index (χ1) is 10.8. The van der Waals surface area contributed by atoms with Crippen molar-refractivity contribution in [3.05, 3.63) is 65.7 Å². The van der Waals surface area contributed by atoms with Gasteiger partial charge in [-0.1, -0.05) is 42.5 Å². The standard InChI is InChI=1S/C19H21NO2/c1-22-18-9-5-8-16(12-18)17-10-11-20(19(21)13-17)14-15-6-3-2-4-7-15/h2-9,12,17H,10-11,13-14H2,1H3. The second kappa shape index (κ2) is 6.65. The van der Waals surface area contributed by atoms with Crippen LogP contribution in [0, 0.1) is 0 Å². The molecule has 3 nitrogen and oxygen atoms in total. The smallest absolute Gasteiger partial charge is 0.223 e. The number of benzene rings is 2. The molecule has 1 unspecified atom stereocenters. The van der Waals surface area contributed by atoms with Crippen LogP contribution in [0.4, 0.5) is 0 Å². The highest BCUT2D eigenvalue weighted by molar-refractivity contribution is 5.78. The number of hydrogen-bond donors (Lipinski definition) is 0. The summed E-state index contributed by atoms with van der Waals surface area (Å²) in [6.45, 7) is 1.53. The van der Waals surface area contributed by atoms with Gasteiger partial charge in [0.1, 0.15) is 5.75 Å². The van der Waals surface area contributed by atoms with E-state index < -0.39 is 0 Å². The van der Waals surface area contributed by atoms with Crippen LogP contribution in [0.5, 0.6) is 5.75 Å². The third-order valence-electron chi connectivity index (χ3n) is 4.30. The number of rotatable bonds is 4. The molecule has 1 amide bonds. The summed E-state index contributed by atoms with van der Waals surface area (Å²) < 4.78 is 5.28. The lowest BCUT2D eigenvalue weighted by molar-refractivity contribution is -0.134. The van der Waals surface area contributed by atoms with Crippen LogP contribution in [0.15, 0.2) is 54.6 Å². The number of likely N-dealkylation sites (tertiary alicyclic amines) is 1. The maximum atomic E-state index is 12.4. The molecule has 3 rings (SSSR count). The molecule has 1 atom stereocenters. The number of nitrogens with zero attached hydrogens (tertiary/aromatic N) is 1. The fraction of sp³-hybridized carbons (Fsp3) is 0.316. The first kappa shape index (κ1) is 14.6. The van der Waals surface area contributed by atoms with Crippen molar-refractivity contribution in [3.8, 4) is 5.75 Å². The molecule has 0 N–H and O–H groups in total. The van der Waals surface area contributed by atoms with Crippen LogP contribution < -0.4 is 4.74 Å². The molecule has 1 heterocycles. The van der Waals surface area contributed by atoms with E-state index >= 15 is 0 Å². The SMILES string of the molecule is COc1cccc(C2CCN(Cc3ccccc3)C(=O)C2)c1. The zero-order valence-corrected chi connectivity index (χ0v) is 12.9. The first-order valence-electron chi connectivity index (χ1n) is 7.72. The number of methoxy groups -OCH3 is 1. The number of carbonyl (C=O) groups is 1. The third kappa shape index (κ3) is 3.30. The van der Waals surface area contributed by atoms with Gasteiger partial charge in [-0.2, -0.15) is 0 Å². The zero-order valence-electron chi connectivity index (χ0n) is 12.9. The molecule has 0 radical (unpaired) electrons. The van der Waals surface area contributed by atoms with Crippen molar-refractivity contribution >= 4 is 5.91 Å². The molecule has 114 valence electrons. The van der Waals surface area contributed by atoms with Gasteiger partial charge in [-0.05, 0) is 35.6 Å². The lowest BCUT2D eigenvalue weighted by Crippen LogP contribution is -2.37. The van der Waals surface area contributed by atoms with Gasteiger partial charge in [-0.25, -0.2) is 0 Å². The van der Waals surface area contributed by atoms with Gasteiger partial charge >= 0.3 is 0 Å². The Labute approximate surface area is 131 Å². The van der Waals surface area contributed by atoms with E-state index in [1.807, 2.05) is 41.3 Å². The van der Waals surface area contributed by atoms with Crippen molar-refractivity contribution in [2.75, 3.05) is 13.7 Å². The van der Waals surface area contributed by atoms with E-state index in [1.165, 1.54) is 11.1 Å². The topological polar surface area (TPSA) is 29.5 Å². The van der Waals surface area contributed by atoms with E-state index in [1.54, 1.807) is 7.11 Å². The Morgan fingerprint density at radius 3 is 2.68 bits per heavy atom. The summed E-state index contributed by atoms with van der Waals surface area (Å²) >= 11 is 0. The summed E-state index contributed by atoms with van der Waals surface area (Å²) in [6.07, 6.45) is 1.59. The van der Waals surface area contributed by atoms with Crippen molar-refractivity contribution in [3.63, 3.8) is 0 Å². The first-order valence-corrected chi connectivity index (χ1v) is 7.72. The van der Waals surface area contributed by atoms with Gasteiger partial charge in [-0.15, -0.1) is 0 Å². The van der Waals surface area contributed by atoms with E-state index in [4.69, 9.17) is 4.74 Å². The van der Waals surface area contributed by atoms with E-state index in [9.17, 15) is 4.79 Å². The Morgan fingerprint density at radius 1 is 1.14 bits per heavy atom. The predicted molar refractivity (Wildman–Crippen MR) is 86.8 cm³/mol. The number of piperidine rings is 1. The Morgan fingerprint density at radius 2 is 1.95 bits per heavy atom. The molecule has 2 aromatic rings. The van der Waals surface area contributed by atoms with Gasteiger partial charge in [0.2, 0.25) is 5.91 Å². The molecular weight excluding hydrogens is 274 g/mol. The molecule has 0 spiro atoms. The number of ether oxygens (including phenoxy) is 1. The Hall–Kier alpha value is -2.29. The number of amides is 1. The molecule has 0 aliphatic carbocycles. The number of carbonyl (C=O) groups excluding carboxylic acids is 1.